The lowest BCUT2D eigenvalue weighted by atomic mass is 9.98. The third-order valence-corrected chi connectivity index (χ3v) is 5.08. The molecule has 0 atom stereocenters. The molecule has 3 rings (SSSR count). The first kappa shape index (κ1) is 19.4. The van der Waals surface area contributed by atoms with E-state index in [2.05, 4.69) is 21.2 Å². The van der Waals surface area contributed by atoms with Gasteiger partial charge in [-0.1, -0.05) is 18.6 Å². The van der Waals surface area contributed by atoms with Crippen LogP contribution in [0.2, 0.25) is 0 Å². The van der Waals surface area contributed by atoms with E-state index >= 15 is 0 Å². The number of anilines is 1. The molecule has 0 bridgehead atoms. The summed E-state index contributed by atoms with van der Waals surface area (Å²) in [6.45, 7) is -0.103. The van der Waals surface area contributed by atoms with E-state index in [9.17, 15) is 9.59 Å². The van der Waals surface area contributed by atoms with Gasteiger partial charge in [-0.3, -0.25) is 4.79 Å². The molecule has 2 aromatic carbocycles. The van der Waals surface area contributed by atoms with E-state index in [1.54, 1.807) is 30.3 Å². The van der Waals surface area contributed by atoms with Crippen LogP contribution in [0.4, 0.5) is 5.69 Å². The van der Waals surface area contributed by atoms with Gasteiger partial charge in [-0.25, -0.2) is 4.79 Å². The number of hydrogen-bond donors (Lipinski definition) is 1. The van der Waals surface area contributed by atoms with Gasteiger partial charge in [0.2, 0.25) is 0 Å². The van der Waals surface area contributed by atoms with Gasteiger partial charge >= 0.3 is 5.97 Å². The van der Waals surface area contributed by atoms with Crippen LogP contribution >= 0.6 is 15.9 Å². The molecule has 1 aliphatic carbocycles. The first-order chi connectivity index (χ1) is 13.1. The van der Waals surface area contributed by atoms with Gasteiger partial charge in [-0.15, -0.1) is 0 Å². The van der Waals surface area contributed by atoms with Crippen LogP contribution in [-0.4, -0.2) is 24.6 Å². The van der Waals surface area contributed by atoms with Crippen molar-refractivity contribution in [2.75, 3.05) is 11.9 Å². The van der Waals surface area contributed by atoms with Crippen LogP contribution in [0.3, 0.4) is 0 Å². The lowest BCUT2D eigenvalue weighted by molar-refractivity contribution is -0.118. The Morgan fingerprint density at radius 3 is 2.41 bits per heavy atom. The van der Waals surface area contributed by atoms with Crippen LogP contribution in [-0.2, 0) is 9.53 Å². The SMILES string of the molecule is O=C(COc1ccccc1Br)Nc1ccc(C(=O)OC2CCCCC2)cc1. The van der Waals surface area contributed by atoms with E-state index in [0.717, 1.165) is 30.2 Å². The second-order valence-electron chi connectivity index (χ2n) is 6.51. The van der Waals surface area contributed by atoms with Crippen LogP contribution in [0, 0.1) is 0 Å². The summed E-state index contributed by atoms with van der Waals surface area (Å²) >= 11 is 3.37. The summed E-state index contributed by atoms with van der Waals surface area (Å²) in [6.07, 6.45) is 5.36. The first-order valence-corrected chi connectivity index (χ1v) is 9.89. The maximum absolute atomic E-state index is 12.2. The Labute approximate surface area is 167 Å². The smallest absolute Gasteiger partial charge is 0.338 e. The third-order valence-electron chi connectivity index (χ3n) is 4.43. The number of ether oxygens (including phenoxy) is 2. The van der Waals surface area contributed by atoms with Crippen molar-refractivity contribution in [3.8, 4) is 5.75 Å². The molecule has 1 aliphatic rings. The average Bonchev–Trinajstić information content (AvgIpc) is 2.69. The predicted octanol–water partition coefficient (Wildman–Crippen LogP) is 4.96. The van der Waals surface area contributed by atoms with Gasteiger partial charge in [0.1, 0.15) is 11.9 Å². The molecule has 2 aromatic rings. The third kappa shape index (κ3) is 5.82. The largest absolute Gasteiger partial charge is 0.483 e. The number of hydrogen-bond acceptors (Lipinski definition) is 4. The number of rotatable bonds is 6. The molecule has 0 saturated heterocycles. The average molecular weight is 432 g/mol. The highest BCUT2D eigenvalue weighted by atomic mass is 79.9. The van der Waals surface area contributed by atoms with E-state index in [1.165, 1.54) is 6.42 Å². The highest BCUT2D eigenvalue weighted by Crippen LogP contribution is 2.24. The molecule has 6 heteroatoms. The van der Waals surface area contributed by atoms with Crippen molar-refractivity contribution in [2.24, 2.45) is 0 Å². The van der Waals surface area contributed by atoms with Gasteiger partial charge in [-0.05, 0) is 78.0 Å². The molecule has 27 heavy (non-hydrogen) atoms. The second kappa shape index (κ2) is 9.55. The molecule has 1 N–H and O–H groups in total. The maximum atomic E-state index is 12.2. The minimum absolute atomic E-state index is 0.0279. The van der Waals surface area contributed by atoms with Gasteiger partial charge in [0.25, 0.3) is 5.91 Å². The normalized spacial score (nSPS) is 14.4. The van der Waals surface area contributed by atoms with Crippen LogP contribution < -0.4 is 10.1 Å². The first-order valence-electron chi connectivity index (χ1n) is 9.10. The fraction of sp³-hybridized carbons (Fsp3) is 0.333. The number of carbonyl (C=O) groups excluding carboxylic acids is 2. The minimum atomic E-state index is -0.308. The van der Waals surface area contributed by atoms with Crippen LogP contribution in [0.5, 0.6) is 5.75 Å². The Morgan fingerprint density at radius 2 is 1.70 bits per heavy atom. The highest BCUT2D eigenvalue weighted by molar-refractivity contribution is 9.10. The van der Waals surface area contributed by atoms with Crippen molar-refractivity contribution in [1.29, 1.82) is 0 Å². The van der Waals surface area contributed by atoms with E-state index in [-0.39, 0.29) is 24.6 Å². The number of amides is 1. The maximum Gasteiger partial charge on any atom is 0.338 e. The molecule has 0 heterocycles. The Bertz CT molecular complexity index is 785. The summed E-state index contributed by atoms with van der Waals surface area (Å²) in [6, 6.07) is 14.0. The molecule has 1 amide bonds. The number of halogens is 1. The van der Waals surface area contributed by atoms with Crippen molar-refractivity contribution in [3.05, 3.63) is 58.6 Å². The summed E-state index contributed by atoms with van der Waals surface area (Å²) in [4.78, 5) is 24.2. The summed E-state index contributed by atoms with van der Waals surface area (Å²) < 4.78 is 11.8. The molecule has 0 spiro atoms. The molecule has 1 fully saturated rings. The second-order valence-corrected chi connectivity index (χ2v) is 7.36. The Kier molecular flexibility index (Phi) is 6.87. The summed E-state index contributed by atoms with van der Waals surface area (Å²) in [5, 5.41) is 2.75. The summed E-state index contributed by atoms with van der Waals surface area (Å²) in [5.41, 5.74) is 1.09. The Morgan fingerprint density at radius 1 is 1.00 bits per heavy atom. The topological polar surface area (TPSA) is 64.6 Å². The number of esters is 1. The Hall–Kier alpha value is -2.34. The molecule has 142 valence electrons. The molecule has 0 radical (unpaired) electrons. The van der Waals surface area contributed by atoms with Crippen LogP contribution in [0.25, 0.3) is 0 Å². The lowest BCUT2D eigenvalue weighted by Crippen LogP contribution is -2.21. The lowest BCUT2D eigenvalue weighted by Gasteiger charge is -2.21. The zero-order valence-corrected chi connectivity index (χ0v) is 16.5. The van der Waals surface area contributed by atoms with Gasteiger partial charge in [-0.2, -0.15) is 0 Å². The zero-order valence-electron chi connectivity index (χ0n) is 14.9. The fourth-order valence-corrected chi connectivity index (χ4v) is 3.39. The van der Waals surface area contributed by atoms with Gasteiger partial charge in [0.05, 0.1) is 10.0 Å². The van der Waals surface area contributed by atoms with Crippen molar-refractivity contribution in [3.63, 3.8) is 0 Å². The molecule has 0 aliphatic heterocycles. The van der Waals surface area contributed by atoms with Crippen molar-refractivity contribution < 1.29 is 19.1 Å². The van der Waals surface area contributed by atoms with Crippen LogP contribution in [0.15, 0.2) is 53.0 Å². The highest BCUT2D eigenvalue weighted by Gasteiger charge is 2.18. The predicted molar refractivity (Wildman–Crippen MR) is 107 cm³/mol. The van der Waals surface area contributed by atoms with E-state index in [1.807, 2.05) is 18.2 Å². The summed E-state index contributed by atoms with van der Waals surface area (Å²) in [5.74, 6) is 0.0220. The van der Waals surface area contributed by atoms with Crippen molar-refractivity contribution >= 4 is 33.5 Å². The van der Waals surface area contributed by atoms with Crippen LogP contribution in [0.1, 0.15) is 42.5 Å². The zero-order chi connectivity index (χ0) is 19.1. The standard InChI is InChI=1S/C21H22BrNO4/c22-18-8-4-5-9-19(18)26-14-20(24)23-16-12-10-15(11-13-16)21(25)27-17-6-2-1-3-7-17/h4-5,8-13,17H,1-3,6-7,14H2,(H,23,24). The van der Waals surface area contributed by atoms with Crippen molar-refractivity contribution in [2.45, 2.75) is 38.2 Å². The number of para-hydroxylation sites is 1. The fourth-order valence-electron chi connectivity index (χ4n) is 2.99. The minimum Gasteiger partial charge on any atom is -0.483 e. The number of carbonyl (C=O) groups is 2. The number of benzene rings is 2. The molecule has 1 saturated carbocycles. The Balaban J connectivity index is 1.48. The van der Waals surface area contributed by atoms with E-state index in [0.29, 0.717) is 17.0 Å². The quantitative estimate of drug-likeness (QED) is 0.656. The van der Waals surface area contributed by atoms with Gasteiger partial charge < -0.3 is 14.8 Å². The molecule has 5 nitrogen and oxygen atoms in total. The monoisotopic (exact) mass is 431 g/mol. The molecule has 0 unspecified atom stereocenters. The van der Waals surface area contributed by atoms with Crippen molar-refractivity contribution in [1.82, 2.24) is 0 Å². The molecule has 0 aromatic heterocycles. The molecular formula is C21H22BrNO4. The van der Waals surface area contributed by atoms with E-state index < -0.39 is 0 Å². The van der Waals surface area contributed by atoms with Gasteiger partial charge in [0, 0.05) is 5.69 Å². The van der Waals surface area contributed by atoms with E-state index in [4.69, 9.17) is 9.47 Å². The summed E-state index contributed by atoms with van der Waals surface area (Å²) in [7, 11) is 0. The number of nitrogens with one attached hydrogen (secondary N) is 1. The van der Waals surface area contributed by atoms with Gasteiger partial charge in [0.15, 0.2) is 6.61 Å². The molecular weight excluding hydrogens is 410 g/mol.